The molecule has 2 aliphatic carbocycles. The first-order chi connectivity index (χ1) is 6.66. The molecule has 2 aliphatic rings. The fourth-order valence-electron chi connectivity index (χ4n) is 2.17. The summed E-state index contributed by atoms with van der Waals surface area (Å²) in [7, 11) is 0. The minimum absolute atomic E-state index is 0.100. The van der Waals surface area contributed by atoms with Gasteiger partial charge in [-0.2, -0.15) is 0 Å². The van der Waals surface area contributed by atoms with Crippen LogP contribution in [0, 0.1) is 5.41 Å². The first-order valence-electron chi connectivity index (χ1n) is 5.35. The van der Waals surface area contributed by atoms with Crippen molar-refractivity contribution >= 4 is 5.91 Å². The van der Waals surface area contributed by atoms with E-state index in [9.17, 15) is 4.79 Å². The number of hydrogen-bond donors (Lipinski definition) is 3. The van der Waals surface area contributed by atoms with Gasteiger partial charge in [-0.05, 0) is 25.7 Å². The van der Waals surface area contributed by atoms with Gasteiger partial charge in [0.2, 0.25) is 5.91 Å². The molecule has 2 saturated carbocycles. The molecular weight excluding hydrogens is 180 g/mol. The minimum Gasteiger partial charge on any atom is -0.393 e. The summed E-state index contributed by atoms with van der Waals surface area (Å²) in [5.74, 6) is 0.100. The molecule has 0 spiro atoms. The SMILES string of the molecule is NCC1(C(=O)NC2CC(O)C2)CCC1. The summed E-state index contributed by atoms with van der Waals surface area (Å²) in [5, 5.41) is 12.0. The molecule has 1 amide bonds. The Labute approximate surface area is 83.9 Å². The summed E-state index contributed by atoms with van der Waals surface area (Å²) >= 11 is 0. The summed E-state index contributed by atoms with van der Waals surface area (Å²) in [6, 6.07) is 0.182. The molecule has 0 aliphatic heterocycles. The number of aliphatic hydroxyl groups excluding tert-OH is 1. The van der Waals surface area contributed by atoms with Crippen molar-refractivity contribution in [3.63, 3.8) is 0 Å². The molecule has 0 unspecified atom stereocenters. The molecule has 4 N–H and O–H groups in total. The maximum Gasteiger partial charge on any atom is 0.227 e. The molecule has 0 aromatic heterocycles. The van der Waals surface area contributed by atoms with Gasteiger partial charge in [0.25, 0.3) is 0 Å². The Balaban J connectivity index is 1.83. The third kappa shape index (κ3) is 1.53. The van der Waals surface area contributed by atoms with Crippen LogP contribution in [0.4, 0.5) is 0 Å². The van der Waals surface area contributed by atoms with E-state index in [1.54, 1.807) is 0 Å². The highest BCUT2D eigenvalue weighted by Gasteiger charge is 2.44. The quantitative estimate of drug-likeness (QED) is 0.585. The predicted molar refractivity (Wildman–Crippen MR) is 52.5 cm³/mol. The molecule has 0 bridgehead atoms. The van der Waals surface area contributed by atoms with Crippen LogP contribution in [0.3, 0.4) is 0 Å². The summed E-state index contributed by atoms with van der Waals surface area (Å²) in [6.07, 6.45) is 4.14. The van der Waals surface area contributed by atoms with Crippen LogP contribution in [0.1, 0.15) is 32.1 Å². The van der Waals surface area contributed by atoms with Crippen molar-refractivity contribution in [1.82, 2.24) is 5.32 Å². The largest absolute Gasteiger partial charge is 0.393 e. The summed E-state index contributed by atoms with van der Waals surface area (Å²) in [4.78, 5) is 11.8. The molecule has 14 heavy (non-hydrogen) atoms. The van der Waals surface area contributed by atoms with Gasteiger partial charge in [-0.1, -0.05) is 6.42 Å². The van der Waals surface area contributed by atoms with Crippen molar-refractivity contribution in [1.29, 1.82) is 0 Å². The normalized spacial score (nSPS) is 34.1. The lowest BCUT2D eigenvalue weighted by Gasteiger charge is -2.42. The first kappa shape index (κ1) is 9.93. The van der Waals surface area contributed by atoms with Crippen LogP contribution in [-0.2, 0) is 4.79 Å². The van der Waals surface area contributed by atoms with Crippen LogP contribution in [0.15, 0.2) is 0 Å². The van der Waals surface area contributed by atoms with Gasteiger partial charge in [0.1, 0.15) is 0 Å². The fourth-order valence-corrected chi connectivity index (χ4v) is 2.17. The molecule has 0 saturated heterocycles. The Hall–Kier alpha value is -0.610. The van der Waals surface area contributed by atoms with Crippen LogP contribution in [0.5, 0.6) is 0 Å². The van der Waals surface area contributed by atoms with E-state index in [1.165, 1.54) is 0 Å². The zero-order chi connectivity index (χ0) is 10.2. The number of rotatable bonds is 3. The third-order valence-corrected chi connectivity index (χ3v) is 3.63. The second-order valence-electron chi connectivity index (χ2n) is 4.63. The number of carbonyl (C=O) groups is 1. The van der Waals surface area contributed by atoms with E-state index >= 15 is 0 Å². The highest BCUT2D eigenvalue weighted by Crippen LogP contribution is 2.40. The second-order valence-corrected chi connectivity index (χ2v) is 4.63. The molecule has 4 nitrogen and oxygen atoms in total. The summed E-state index contributed by atoms with van der Waals surface area (Å²) in [5.41, 5.74) is 5.34. The predicted octanol–water partition coefficient (Wildman–Crippen LogP) is -0.245. The monoisotopic (exact) mass is 198 g/mol. The maximum atomic E-state index is 11.8. The zero-order valence-electron chi connectivity index (χ0n) is 8.33. The van der Waals surface area contributed by atoms with Gasteiger partial charge in [0, 0.05) is 12.6 Å². The molecule has 2 fully saturated rings. The fraction of sp³-hybridized carbons (Fsp3) is 0.900. The van der Waals surface area contributed by atoms with Crippen LogP contribution in [0.25, 0.3) is 0 Å². The zero-order valence-corrected chi connectivity index (χ0v) is 8.33. The highest BCUT2D eigenvalue weighted by molar-refractivity contribution is 5.84. The summed E-state index contributed by atoms with van der Waals surface area (Å²) < 4.78 is 0. The van der Waals surface area contributed by atoms with Crippen molar-refractivity contribution < 1.29 is 9.90 Å². The Morgan fingerprint density at radius 1 is 1.50 bits per heavy atom. The molecule has 0 aromatic carbocycles. The Morgan fingerprint density at radius 3 is 2.50 bits per heavy atom. The molecule has 0 atom stereocenters. The van der Waals surface area contributed by atoms with E-state index in [0.717, 1.165) is 19.3 Å². The molecule has 0 aromatic rings. The van der Waals surface area contributed by atoms with Crippen molar-refractivity contribution in [2.24, 2.45) is 11.1 Å². The van der Waals surface area contributed by atoms with Crippen LogP contribution in [0.2, 0.25) is 0 Å². The van der Waals surface area contributed by atoms with Crippen LogP contribution < -0.4 is 11.1 Å². The standard InChI is InChI=1S/C10H18N2O2/c11-6-10(2-1-3-10)9(14)12-7-4-8(13)5-7/h7-8,13H,1-6,11H2,(H,12,14). The van der Waals surface area contributed by atoms with E-state index in [0.29, 0.717) is 19.4 Å². The van der Waals surface area contributed by atoms with E-state index in [-0.39, 0.29) is 23.5 Å². The number of aliphatic hydroxyl groups is 1. The average molecular weight is 198 g/mol. The first-order valence-corrected chi connectivity index (χ1v) is 5.35. The van der Waals surface area contributed by atoms with Gasteiger partial charge < -0.3 is 16.2 Å². The molecule has 80 valence electrons. The van der Waals surface area contributed by atoms with E-state index in [2.05, 4.69) is 5.32 Å². The number of nitrogens with one attached hydrogen (secondary N) is 1. The molecule has 0 heterocycles. The minimum atomic E-state index is -0.277. The highest BCUT2D eigenvalue weighted by atomic mass is 16.3. The average Bonchev–Trinajstić information content (AvgIpc) is 2.00. The van der Waals surface area contributed by atoms with Crippen molar-refractivity contribution in [3.05, 3.63) is 0 Å². The van der Waals surface area contributed by atoms with Gasteiger partial charge in [-0.15, -0.1) is 0 Å². The topological polar surface area (TPSA) is 75.4 Å². The molecular formula is C10H18N2O2. The number of carbonyl (C=O) groups excluding carboxylic acids is 1. The third-order valence-electron chi connectivity index (χ3n) is 3.63. The molecule has 0 radical (unpaired) electrons. The Bertz CT molecular complexity index is 227. The van der Waals surface area contributed by atoms with Gasteiger partial charge in [-0.3, -0.25) is 4.79 Å². The number of hydrogen-bond acceptors (Lipinski definition) is 3. The van der Waals surface area contributed by atoms with Crippen LogP contribution in [-0.4, -0.2) is 29.7 Å². The lowest BCUT2D eigenvalue weighted by atomic mass is 9.68. The second kappa shape index (κ2) is 3.51. The van der Waals surface area contributed by atoms with Crippen molar-refractivity contribution in [2.45, 2.75) is 44.2 Å². The Morgan fingerprint density at radius 2 is 2.14 bits per heavy atom. The van der Waals surface area contributed by atoms with Crippen molar-refractivity contribution in [3.8, 4) is 0 Å². The van der Waals surface area contributed by atoms with Gasteiger partial charge in [-0.25, -0.2) is 0 Å². The maximum absolute atomic E-state index is 11.8. The van der Waals surface area contributed by atoms with Crippen LogP contribution >= 0.6 is 0 Å². The smallest absolute Gasteiger partial charge is 0.227 e. The lowest BCUT2D eigenvalue weighted by molar-refractivity contribution is -0.137. The van der Waals surface area contributed by atoms with E-state index in [1.807, 2.05) is 0 Å². The number of nitrogens with two attached hydrogens (primary N) is 1. The van der Waals surface area contributed by atoms with Crippen molar-refractivity contribution in [2.75, 3.05) is 6.54 Å². The lowest BCUT2D eigenvalue weighted by Crippen LogP contribution is -2.56. The van der Waals surface area contributed by atoms with E-state index in [4.69, 9.17) is 10.8 Å². The molecule has 2 rings (SSSR count). The number of amides is 1. The van der Waals surface area contributed by atoms with Gasteiger partial charge in [0.05, 0.1) is 11.5 Å². The van der Waals surface area contributed by atoms with E-state index < -0.39 is 0 Å². The van der Waals surface area contributed by atoms with Gasteiger partial charge in [0.15, 0.2) is 0 Å². The summed E-state index contributed by atoms with van der Waals surface area (Å²) in [6.45, 7) is 0.452. The Kier molecular flexibility index (Phi) is 2.49. The molecule has 4 heteroatoms. The van der Waals surface area contributed by atoms with Gasteiger partial charge >= 0.3 is 0 Å².